The van der Waals surface area contributed by atoms with Crippen molar-refractivity contribution in [2.75, 3.05) is 65.7 Å². The van der Waals surface area contributed by atoms with Crippen molar-refractivity contribution in [3.8, 4) is 0 Å². The summed E-state index contributed by atoms with van der Waals surface area (Å²) in [6, 6.07) is 0. The minimum Gasteiger partial charge on any atom is -0.433 e. The van der Waals surface area contributed by atoms with Crippen LogP contribution in [0.3, 0.4) is 0 Å². The predicted octanol–water partition coefficient (Wildman–Crippen LogP) is 1.00. The van der Waals surface area contributed by atoms with Crippen LogP contribution in [0.5, 0.6) is 0 Å². The lowest BCUT2D eigenvalue weighted by Crippen LogP contribution is -2.43. The van der Waals surface area contributed by atoms with Gasteiger partial charge in [-0.15, -0.1) is 12.4 Å². The first-order chi connectivity index (χ1) is 10.6. The summed E-state index contributed by atoms with van der Waals surface area (Å²) >= 11 is 0. The van der Waals surface area contributed by atoms with Crippen LogP contribution in [0, 0.1) is 0 Å². The van der Waals surface area contributed by atoms with E-state index in [1.165, 1.54) is 0 Å². The summed E-state index contributed by atoms with van der Waals surface area (Å²) in [6.45, 7) is 11.3. The van der Waals surface area contributed by atoms with Crippen LogP contribution in [0.1, 0.15) is 13.8 Å². The molecule has 0 aliphatic carbocycles. The van der Waals surface area contributed by atoms with Crippen LogP contribution in [-0.2, 0) is 18.9 Å². The minimum atomic E-state index is -0.581. The first-order valence-corrected chi connectivity index (χ1v) is 8.11. The van der Waals surface area contributed by atoms with Crippen LogP contribution in [0.15, 0.2) is 0 Å². The molecule has 2 aliphatic heterocycles. The Morgan fingerprint density at radius 1 is 0.957 bits per heavy atom. The molecule has 0 N–H and O–H groups in total. The number of carbonyl (C=O) groups excluding carboxylic acids is 1. The van der Waals surface area contributed by atoms with Crippen LogP contribution in [0.4, 0.5) is 4.79 Å². The van der Waals surface area contributed by atoms with Crippen LogP contribution >= 0.6 is 12.4 Å². The average molecular weight is 353 g/mol. The lowest BCUT2D eigenvalue weighted by Gasteiger charge is -2.31. The van der Waals surface area contributed by atoms with E-state index in [-0.39, 0.29) is 24.6 Å². The fraction of sp³-hybridized carbons (Fsp3) is 0.933. The molecule has 2 aliphatic rings. The minimum absolute atomic E-state index is 0. The third kappa shape index (κ3) is 8.17. The van der Waals surface area contributed by atoms with Crippen molar-refractivity contribution >= 4 is 18.6 Å². The first kappa shape index (κ1) is 20.4. The predicted molar refractivity (Wildman–Crippen MR) is 88.3 cm³/mol. The molecule has 0 amide bonds. The van der Waals surface area contributed by atoms with Gasteiger partial charge in [0.1, 0.15) is 13.2 Å². The number of hydrogen-bond donors (Lipinski definition) is 0. The molecule has 0 radical (unpaired) electrons. The van der Waals surface area contributed by atoms with Crippen molar-refractivity contribution in [1.29, 1.82) is 0 Å². The van der Waals surface area contributed by atoms with E-state index in [9.17, 15) is 4.79 Å². The summed E-state index contributed by atoms with van der Waals surface area (Å²) in [6.07, 6.45) is -0.0872. The van der Waals surface area contributed by atoms with E-state index >= 15 is 0 Å². The summed E-state index contributed by atoms with van der Waals surface area (Å²) in [5.74, 6) is 0. The lowest BCUT2D eigenvalue weighted by atomic mass is 10.3. The quantitative estimate of drug-likeness (QED) is 0.661. The topological polar surface area (TPSA) is 60.5 Å². The molecule has 2 unspecified atom stereocenters. The molecule has 0 spiro atoms. The summed E-state index contributed by atoms with van der Waals surface area (Å²) in [7, 11) is 0. The van der Waals surface area contributed by atoms with Gasteiger partial charge in [0.2, 0.25) is 0 Å². The number of morpholine rings is 2. The van der Waals surface area contributed by atoms with E-state index < -0.39 is 6.16 Å². The van der Waals surface area contributed by atoms with E-state index in [1.807, 2.05) is 13.8 Å². The highest BCUT2D eigenvalue weighted by molar-refractivity contribution is 5.85. The molecule has 2 rings (SSSR count). The number of ether oxygens (including phenoxy) is 4. The van der Waals surface area contributed by atoms with E-state index in [1.54, 1.807) is 0 Å². The standard InChI is InChI=1S/C15H28N2O5.ClH/c1-13-11-16(3-7-19-13)5-9-21-15(18)22-10-6-17-4-8-20-14(2)12-17;/h13-14H,3-12H2,1-2H3;1H. The molecule has 0 bridgehead atoms. The molecule has 8 heteroatoms. The van der Waals surface area contributed by atoms with Gasteiger partial charge in [0.05, 0.1) is 25.4 Å². The molecular weight excluding hydrogens is 324 g/mol. The van der Waals surface area contributed by atoms with E-state index in [0.29, 0.717) is 13.2 Å². The van der Waals surface area contributed by atoms with Crippen molar-refractivity contribution in [1.82, 2.24) is 9.80 Å². The van der Waals surface area contributed by atoms with Crippen LogP contribution < -0.4 is 0 Å². The Hall–Kier alpha value is -0.600. The molecule has 2 atom stereocenters. The second kappa shape index (κ2) is 11.0. The molecule has 136 valence electrons. The molecule has 2 fully saturated rings. The molecule has 2 heterocycles. The Morgan fingerprint density at radius 2 is 1.39 bits per heavy atom. The van der Waals surface area contributed by atoms with Gasteiger partial charge in [-0.25, -0.2) is 4.79 Å². The summed E-state index contributed by atoms with van der Waals surface area (Å²) in [5, 5.41) is 0. The Kier molecular flexibility index (Phi) is 9.81. The van der Waals surface area contributed by atoms with Crippen molar-refractivity contribution in [2.24, 2.45) is 0 Å². The fourth-order valence-corrected chi connectivity index (χ4v) is 2.75. The summed E-state index contributed by atoms with van der Waals surface area (Å²) in [4.78, 5) is 16.0. The Morgan fingerprint density at radius 3 is 1.78 bits per heavy atom. The normalized spacial score (nSPS) is 26.3. The van der Waals surface area contributed by atoms with Crippen molar-refractivity contribution in [3.63, 3.8) is 0 Å². The van der Waals surface area contributed by atoms with Gasteiger partial charge in [-0.3, -0.25) is 9.80 Å². The van der Waals surface area contributed by atoms with Gasteiger partial charge in [-0.05, 0) is 13.8 Å². The maximum Gasteiger partial charge on any atom is 0.508 e. The molecule has 7 nitrogen and oxygen atoms in total. The SMILES string of the molecule is CC1CN(CCOC(=O)OCCN2CCOC(C)C2)CCO1.Cl. The average Bonchev–Trinajstić information content (AvgIpc) is 2.47. The molecule has 23 heavy (non-hydrogen) atoms. The number of rotatable bonds is 6. The van der Waals surface area contributed by atoms with Crippen molar-refractivity contribution < 1.29 is 23.7 Å². The van der Waals surface area contributed by atoms with Gasteiger partial charge in [0.25, 0.3) is 0 Å². The summed E-state index contributed by atoms with van der Waals surface area (Å²) in [5.41, 5.74) is 0. The molecule has 0 aromatic rings. The van der Waals surface area contributed by atoms with Crippen molar-refractivity contribution in [3.05, 3.63) is 0 Å². The van der Waals surface area contributed by atoms with E-state index in [2.05, 4.69) is 9.80 Å². The van der Waals surface area contributed by atoms with Crippen LogP contribution in [-0.4, -0.2) is 93.9 Å². The third-order valence-electron chi connectivity index (χ3n) is 3.91. The number of carbonyl (C=O) groups is 1. The highest BCUT2D eigenvalue weighted by atomic mass is 35.5. The van der Waals surface area contributed by atoms with Crippen molar-refractivity contribution in [2.45, 2.75) is 26.1 Å². The highest BCUT2D eigenvalue weighted by Crippen LogP contribution is 2.05. The number of hydrogen-bond acceptors (Lipinski definition) is 7. The zero-order chi connectivity index (χ0) is 15.8. The molecular formula is C15H29ClN2O5. The maximum atomic E-state index is 11.5. The second-order valence-corrected chi connectivity index (χ2v) is 5.91. The van der Waals surface area contributed by atoms with Crippen LogP contribution in [0.2, 0.25) is 0 Å². The van der Waals surface area contributed by atoms with Gasteiger partial charge in [0.15, 0.2) is 0 Å². The second-order valence-electron chi connectivity index (χ2n) is 5.91. The Bertz CT molecular complexity index is 318. The Labute approximate surface area is 144 Å². The largest absolute Gasteiger partial charge is 0.508 e. The van der Waals surface area contributed by atoms with Gasteiger partial charge < -0.3 is 18.9 Å². The van der Waals surface area contributed by atoms with Gasteiger partial charge >= 0.3 is 6.16 Å². The highest BCUT2D eigenvalue weighted by Gasteiger charge is 2.18. The van der Waals surface area contributed by atoms with Gasteiger partial charge in [0, 0.05) is 39.3 Å². The maximum absolute atomic E-state index is 11.5. The smallest absolute Gasteiger partial charge is 0.433 e. The summed E-state index contributed by atoms with van der Waals surface area (Å²) < 4.78 is 21.1. The lowest BCUT2D eigenvalue weighted by molar-refractivity contribution is -0.0318. The zero-order valence-corrected chi connectivity index (χ0v) is 14.9. The third-order valence-corrected chi connectivity index (χ3v) is 3.91. The zero-order valence-electron chi connectivity index (χ0n) is 14.1. The number of halogens is 1. The fourth-order valence-electron chi connectivity index (χ4n) is 2.75. The van der Waals surface area contributed by atoms with Gasteiger partial charge in [-0.1, -0.05) is 0 Å². The molecule has 0 aromatic heterocycles. The monoisotopic (exact) mass is 352 g/mol. The number of nitrogens with zero attached hydrogens (tertiary/aromatic N) is 2. The molecule has 0 saturated carbocycles. The van der Waals surface area contributed by atoms with Crippen LogP contribution in [0.25, 0.3) is 0 Å². The Balaban J connectivity index is 0.00000264. The van der Waals surface area contributed by atoms with Gasteiger partial charge in [-0.2, -0.15) is 0 Å². The molecule has 0 aromatic carbocycles. The van der Waals surface area contributed by atoms with E-state index in [0.717, 1.165) is 52.5 Å². The molecule has 2 saturated heterocycles. The van der Waals surface area contributed by atoms with E-state index in [4.69, 9.17) is 18.9 Å². The first-order valence-electron chi connectivity index (χ1n) is 8.11.